The summed E-state index contributed by atoms with van der Waals surface area (Å²) in [4.78, 5) is 181. The van der Waals surface area contributed by atoms with Crippen molar-refractivity contribution in [2.45, 2.75) is 343 Å². The van der Waals surface area contributed by atoms with E-state index in [1.807, 2.05) is 69.2 Å². The lowest BCUT2D eigenvalue weighted by Crippen LogP contribution is -2.34. The Bertz CT molecular complexity index is 3130. The third-order valence-electron chi connectivity index (χ3n) is 21.5. The molecule has 0 aromatic heterocycles. The second-order valence-corrected chi connectivity index (χ2v) is 41.6. The molecular formula is C94H172O34S3. The van der Waals surface area contributed by atoms with Crippen molar-refractivity contribution in [1.29, 1.82) is 0 Å². The highest BCUT2D eigenvalue weighted by Crippen LogP contribution is 2.30. The van der Waals surface area contributed by atoms with Crippen molar-refractivity contribution in [3.8, 4) is 0 Å². The van der Waals surface area contributed by atoms with E-state index in [4.69, 9.17) is 78.0 Å². The van der Waals surface area contributed by atoms with E-state index in [-0.39, 0.29) is 83.2 Å². The first-order chi connectivity index (χ1) is 59.6. The Kier molecular flexibility index (Phi) is 74.4. The maximum atomic E-state index is 12.5. The fourth-order valence-corrected chi connectivity index (χ4v) is 10.4. The SMILES string of the molecule is CCC(C)(C)C(=O)O.CCC(C)(C)C(=O)O.CCC(C)(C)C(=O)O.CCC(C)(C)C(=O)O.CCC(C)(C)C(=O)O.CCC(C)(C)C(=O)OCC(O)COC(=O)CCSCC(C)(C)C(=O)OC.CCC(C)(C)C(=O)OCC(O)COC(=O)CCSCC(C)(C)C(=O)OC.CCCC(CC)COC(=O)C(C)(C)CSCCC(=O)OCC(COC(=O)C(C)(C)CC)OC(=O)CCC(=O)O. The van der Waals surface area contributed by atoms with Crippen LogP contribution in [0.2, 0.25) is 0 Å². The van der Waals surface area contributed by atoms with Crippen molar-refractivity contribution in [2.24, 2.45) is 65.5 Å². The van der Waals surface area contributed by atoms with Gasteiger partial charge in [0.15, 0.2) is 6.10 Å². The van der Waals surface area contributed by atoms with E-state index in [9.17, 15) is 86.9 Å². The zero-order chi connectivity index (χ0) is 105. The third-order valence-corrected chi connectivity index (χ3v) is 25.7. The van der Waals surface area contributed by atoms with Gasteiger partial charge in [0, 0.05) is 34.5 Å². The van der Waals surface area contributed by atoms with E-state index in [1.165, 1.54) is 49.5 Å². The van der Waals surface area contributed by atoms with E-state index in [1.54, 1.807) is 138 Å². The number of thioether (sulfide) groups is 3. The van der Waals surface area contributed by atoms with Crippen molar-refractivity contribution >= 4 is 131 Å². The van der Waals surface area contributed by atoms with Gasteiger partial charge in [-0.1, -0.05) is 82.1 Å². The van der Waals surface area contributed by atoms with Crippen LogP contribution in [0.1, 0.15) is 324 Å². The maximum Gasteiger partial charge on any atom is 0.312 e. The Labute approximate surface area is 794 Å². The van der Waals surface area contributed by atoms with Crippen LogP contribution in [-0.2, 0) is 124 Å². The molecule has 0 rings (SSSR count). The van der Waals surface area contributed by atoms with Gasteiger partial charge < -0.3 is 88.2 Å². The number of aliphatic hydroxyl groups excluding tert-OH is 2. The first-order valence-corrected chi connectivity index (χ1v) is 48.1. The van der Waals surface area contributed by atoms with Crippen molar-refractivity contribution in [1.82, 2.24) is 0 Å². The predicted octanol–water partition coefficient (Wildman–Crippen LogP) is 16.7. The molecule has 0 aromatic carbocycles. The molecule has 37 heteroatoms. The zero-order valence-corrected chi connectivity index (χ0v) is 88.2. The minimum Gasteiger partial charge on any atom is -0.481 e. The molecule has 0 aliphatic heterocycles. The summed E-state index contributed by atoms with van der Waals surface area (Å²) >= 11 is 4.33. The summed E-state index contributed by atoms with van der Waals surface area (Å²) in [5.74, 6) is -5.85. The number of hydrogen-bond acceptors (Lipinski definition) is 31. The number of carboxylic acid groups (broad SMARTS) is 6. The van der Waals surface area contributed by atoms with Gasteiger partial charge in [-0.25, -0.2) is 0 Å². The summed E-state index contributed by atoms with van der Waals surface area (Å²) in [5, 5.41) is 70.4. The Morgan fingerprint density at radius 3 is 0.710 bits per heavy atom. The second-order valence-electron chi connectivity index (χ2n) is 38.3. The normalized spacial score (nSPS) is 12.6. The number of methoxy groups -OCH3 is 2. The summed E-state index contributed by atoms with van der Waals surface area (Å²) in [6.45, 7) is 56.4. The molecule has 34 nitrogen and oxygen atoms in total. The smallest absolute Gasteiger partial charge is 0.312 e. The first kappa shape index (κ1) is 139. The Morgan fingerprint density at radius 2 is 0.489 bits per heavy atom. The summed E-state index contributed by atoms with van der Waals surface area (Å²) in [7, 11) is 2.69. The molecule has 131 heavy (non-hydrogen) atoms. The van der Waals surface area contributed by atoms with Gasteiger partial charge in [-0.05, 0) is 216 Å². The van der Waals surface area contributed by atoms with Crippen LogP contribution >= 0.6 is 35.3 Å². The molecule has 4 atom stereocenters. The van der Waals surface area contributed by atoms with Gasteiger partial charge in [-0.15, -0.1) is 0 Å². The van der Waals surface area contributed by atoms with Crippen LogP contribution in [0, 0.1) is 65.5 Å². The van der Waals surface area contributed by atoms with E-state index in [2.05, 4.69) is 13.8 Å². The maximum absolute atomic E-state index is 12.5. The van der Waals surface area contributed by atoms with Crippen LogP contribution in [-0.4, -0.2) is 250 Å². The number of aliphatic hydroxyl groups is 2. The van der Waals surface area contributed by atoms with Crippen LogP contribution in [0.3, 0.4) is 0 Å². The number of esters is 10. The average Bonchev–Trinajstić information content (AvgIpc) is 0.883. The minimum absolute atomic E-state index is 0.0620. The molecule has 0 aromatic rings. The van der Waals surface area contributed by atoms with Crippen LogP contribution in [0.25, 0.3) is 0 Å². The number of ether oxygens (including phenoxy) is 10. The molecular weight excluding hydrogens is 1770 g/mol. The second kappa shape index (κ2) is 70.2. The monoisotopic (exact) mass is 1940 g/mol. The molecule has 0 aliphatic carbocycles. The molecule has 0 bridgehead atoms. The fourth-order valence-electron chi connectivity index (χ4n) is 7.11. The molecule has 4 unspecified atom stereocenters. The Hall–Kier alpha value is -7.51. The van der Waals surface area contributed by atoms with E-state index in [0.29, 0.717) is 98.4 Å². The van der Waals surface area contributed by atoms with Crippen LogP contribution in [0.4, 0.5) is 0 Å². The van der Waals surface area contributed by atoms with Crippen molar-refractivity contribution in [3.63, 3.8) is 0 Å². The number of carboxylic acids is 6. The van der Waals surface area contributed by atoms with Gasteiger partial charge in [-0.2, -0.15) is 35.3 Å². The summed E-state index contributed by atoms with van der Waals surface area (Å²) < 4.78 is 50.6. The summed E-state index contributed by atoms with van der Waals surface area (Å²) in [6.07, 6.45) is 4.67. The molecule has 0 fully saturated rings. The highest BCUT2D eigenvalue weighted by Gasteiger charge is 2.36. The van der Waals surface area contributed by atoms with E-state index >= 15 is 0 Å². The van der Waals surface area contributed by atoms with Crippen LogP contribution in [0.15, 0.2) is 0 Å². The van der Waals surface area contributed by atoms with Crippen LogP contribution < -0.4 is 0 Å². The third kappa shape index (κ3) is 69.9. The lowest BCUT2D eigenvalue weighted by Gasteiger charge is -2.24. The van der Waals surface area contributed by atoms with Crippen molar-refractivity contribution in [3.05, 3.63) is 0 Å². The Morgan fingerprint density at radius 1 is 0.267 bits per heavy atom. The molecule has 0 amide bonds. The number of aliphatic carboxylic acids is 6. The lowest BCUT2D eigenvalue weighted by molar-refractivity contribution is -0.170. The van der Waals surface area contributed by atoms with Gasteiger partial charge in [0.05, 0.1) is 112 Å². The number of rotatable bonds is 55. The van der Waals surface area contributed by atoms with Crippen molar-refractivity contribution in [2.75, 3.05) is 95.0 Å². The minimum atomic E-state index is -1.15. The van der Waals surface area contributed by atoms with E-state index < -0.39 is 162 Å². The molecule has 0 radical (unpaired) electrons. The molecule has 8 N–H and O–H groups in total. The summed E-state index contributed by atoms with van der Waals surface area (Å²) in [5.41, 5.74) is -6.59. The fraction of sp³-hybridized carbons (Fsp3) is 0.830. The summed E-state index contributed by atoms with van der Waals surface area (Å²) in [6, 6.07) is 0. The van der Waals surface area contributed by atoms with E-state index in [0.717, 1.165) is 19.3 Å². The molecule has 770 valence electrons. The average molecular weight is 1940 g/mol. The topological polar surface area (TPSA) is 527 Å². The Balaban J connectivity index is -0.000000241. The first-order valence-electron chi connectivity index (χ1n) is 44.6. The zero-order valence-electron chi connectivity index (χ0n) is 85.7. The molecule has 0 saturated heterocycles. The number of carbonyl (C=O) groups is 16. The predicted molar refractivity (Wildman–Crippen MR) is 506 cm³/mol. The van der Waals surface area contributed by atoms with Crippen LogP contribution in [0.5, 0.6) is 0 Å². The number of carbonyl (C=O) groups excluding carboxylic acids is 10. The van der Waals surface area contributed by atoms with Crippen molar-refractivity contribution < 1.29 is 165 Å². The van der Waals surface area contributed by atoms with Gasteiger partial charge >= 0.3 is 95.5 Å². The van der Waals surface area contributed by atoms with Gasteiger partial charge in [0.1, 0.15) is 51.8 Å². The van der Waals surface area contributed by atoms with Gasteiger partial charge in [-0.3, -0.25) is 76.7 Å². The number of hydrogen-bond donors (Lipinski definition) is 8. The quantitative estimate of drug-likeness (QED) is 0.0159. The largest absolute Gasteiger partial charge is 0.481 e. The highest BCUT2D eigenvalue weighted by molar-refractivity contribution is 7.99. The van der Waals surface area contributed by atoms with Gasteiger partial charge in [0.25, 0.3) is 0 Å². The lowest BCUT2D eigenvalue weighted by atomic mass is 9.91. The molecule has 0 saturated carbocycles. The molecule has 0 aliphatic rings. The van der Waals surface area contributed by atoms with Gasteiger partial charge in [0.2, 0.25) is 0 Å². The highest BCUT2D eigenvalue weighted by atomic mass is 32.2. The molecule has 0 heterocycles. The molecule has 0 spiro atoms. The standard InChI is InChI=1S/C28H48O10S.2C18H32O7S.5C6H12O2/c1-8-11-20(9-2)16-36-26(34)28(6,7)19-39-15-14-23(31)35-17-21(38-24(32)13-12-22(29)30)18-37-25(33)27(4,5)10-3;2*1-7-17(2,3)16(22)25-11-13(19)10-24-14(20)8-9-26-12-18(4,5)15(21)23-6;5*1-4-6(2,3)5(7)8/h20-21H,8-19H2,1-7H3,(H,29,30);2*13,19H,7-12H2,1-6H3;5*4H2,1-3H3,(H,7,8).